The van der Waals surface area contributed by atoms with Crippen LogP contribution in [0.1, 0.15) is 13.3 Å². The van der Waals surface area contributed by atoms with E-state index in [1.54, 1.807) is 0 Å². The zero-order chi connectivity index (χ0) is 11.8. The van der Waals surface area contributed by atoms with Crippen LogP contribution in [-0.4, -0.2) is 39.0 Å². The van der Waals surface area contributed by atoms with Crippen molar-refractivity contribution in [1.29, 1.82) is 0 Å². The van der Waals surface area contributed by atoms with Crippen LogP contribution in [0, 0.1) is 0 Å². The molecule has 16 heavy (non-hydrogen) atoms. The molecule has 1 rings (SSSR count). The van der Waals surface area contributed by atoms with Crippen LogP contribution in [0.25, 0.3) is 0 Å². The fraction of sp³-hybridized carbons (Fsp3) is 0.625. The number of thioether (sulfide) groups is 1. The van der Waals surface area contributed by atoms with Gasteiger partial charge in [-0.2, -0.15) is 15.0 Å². The Hall–Kier alpha value is -1.12. The first-order valence-corrected chi connectivity index (χ1v) is 5.87. The van der Waals surface area contributed by atoms with Gasteiger partial charge in [0.25, 0.3) is 0 Å². The van der Waals surface area contributed by atoms with Gasteiger partial charge < -0.3 is 9.84 Å². The molecule has 90 valence electrons. The quantitative estimate of drug-likeness (QED) is 0.351. The molecule has 0 fully saturated rings. The Balaban J connectivity index is 2.74. The number of rotatable bonds is 7. The van der Waals surface area contributed by atoms with Crippen molar-refractivity contribution in [3.05, 3.63) is 0 Å². The zero-order valence-electron chi connectivity index (χ0n) is 9.01. The number of hydrazine groups is 1. The van der Waals surface area contributed by atoms with E-state index >= 15 is 0 Å². The zero-order valence-corrected chi connectivity index (χ0v) is 9.83. The summed E-state index contributed by atoms with van der Waals surface area (Å²) in [6.07, 6.45) is 0.871. The lowest BCUT2D eigenvalue weighted by atomic mass is 10.5. The molecule has 0 aliphatic heterocycles. The predicted octanol–water partition coefficient (Wildman–Crippen LogP) is 0.0304. The molecule has 0 aromatic carbocycles. The number of ether oxygens (including phenoxy) is 1. The van der Waals surface area contributed by atoms with Crippen LogP contribution in [0.2, 0.25) is 0 Å². The molecule has 0 saturated heterocycles. The van der Waals surface area contributed by atoms with Crippen molar-refractivity contribution in [2.75, 3.05) is 24.4 Å². The highest BCUT2D eigenvalue weighted by atomic mass is 32.2. The summed E-state index contributed by atoms with van der Waals surface area (Å²) in [7, 11) is 0. The molecule has 0 aliphatic rings. The second-order valence-corrected chi connectivity index (χ2v) is 3.85. The topological polar surface area (TPSA) is 106 Å². The first kappa shape index (κ1) is 12.9. The van der Waals surface area contributed by atoms with Crippen LogP contribution >= 0.6 is 11.8 Å². The first-order chi connectivity index (χ1) is 7.80. The second kappa shape index (κ2) is 7.20. The standard InChI is InChI=1S/C8H15N5O2S/c1-2-4-15-7-10-6(13-9)11-8(12-7)16-5-3-14/h14H,2-5,9H2,1H3,(H,10,11,12,13). The van der Waals surface area contributed by atoms with E-state index in [4.69, 9.17) is 15.7 Å². The Morgan fingerprint density at radius 3 is 2.88 bits per heavy atom. The lowest BCUT2D eigenvalue weighted by molar-refractivity contribution is 0.288. The molecule has 0 amide bonds. The summed E-state index contributed by atoms with van der Waals surface area (Å²) < 4.78 is 5.28. The summed E-state index contributed by atoms with van der Waals surface area (Å²) in [6, 6.07) is 0.241. The number of anilines is 1. The van der Waals surface area contributed by atoms with E-state index in [-0.39, 0.29) is 18.6 Å². The summed E-state index contributed by atoms with van der Waals surface area (Å²) in [5.74, 6) is 5.99. The van der Waals surface area contributed by atoms with E-state index in [1.165, 1.54) is 11.8 Å². The molecule has 1 aromatic rings. The number of nitrogens with one attached hydrogen (secondary N) is 1. The normalized spacial score (nSPS) is 10.2. The summed E-state index contributed by atoms with van der Waals surface area (Å²) in [6.45, 7) is 2.59. The van der Waals surface area contributed by atoms with E-state index in [0.717, 1.165) is 6.42 Å². The molecule has 7 nitrogen and oxygen atoms in total. The SMILES string of the molecule is CCCOc1nc(NN)nc(SCCO)n1. The summed E-state index contributed by atoms with van der Waals surface area (Å²) in [5, 5.41) is 9.18. The third-order valence-corrected chi connectivity index (χ3v) is 2.31. The average molecular weight is 245 g/mol. The van der Waals surface area contributed by atoms with Crippen LogP contribution in [0.4, 0.5) is 5.95 Å². The number of aliphatic hydroxyl groups is 1. The van der Waals surface area contributed by atoms with Crippen LogP contribution in [0.3, 0.4) is 0 Å². The van der Waals surface area contributed by atoms with Crippen molar-refractivity contribution in [2.24, 2.45) is 5.84 Å². The van der Waals surface area contributed by atoms with Crippen LogP contribution in [0.5, 0.6) is 6.01 Å². The number of nitrogen functional groups attached to an aromatic ring is 1. The number of hydrogen-bond acceptors (Lipinski definition) is 8. The van der Waals surface area contributed by atoms with Crippen LogP contribution < -0.4 is 16.0 Å². The molecule has 4 N–H and O–H groups in total. The number of aliphatic hydroxyl groups excluding tert-OH is 1. The molecule has 1 heterocycles. The molecule has 0 radical (unpaired) electrons. The van der Waals surface area contributed by atoms with Gasteiger partial charge in [-0.15, -0.1) is 0 Å². The average Bonchev–Trinajstić information content (AvgIpc) is 2.33. The Morgan fingerprint density at radius 2 is 2.25 bits per heavy atom. The monoisotopic (exact) mass is 245 g/mol. The van der Waals surface area contributed by atoms with Gasteiger partial charge in [0.2, 0.25) is 5.95 Å². The van der Waals surface area contributed by atoms with E-state index < -0.39 is 0 Å². The highest BCUT2D eigenvalue weighted by Gasteiger charge is 2.06. The minimum absolute atomic E-state index is 0.0624. The van der Waals surface area contributed by atoms with Gasteiger partial charge in [-0.25, -0.2) is 5.84 Å². The molecule has 0 saturated carbocycles. The summed E-state index contributed by atoms with van der Waals surface area (Å²) in [4.78, 5) is 12.0. The summed E-state index contributed by atoms with van der Waals surface area (Å²) >= 11 is 1.31. The van der Waals surface area contributed by atoms with Gasteiger partial charge in [0.05, 0.1) is 13.2 Å². The lowest BCUT2D eigenvalue weighted by Crippen LogP contribution is -2.13. The maximum Gasteiger partial charge on any atom is 0.322 e. The molecular formula is C8H15N5O2S. The number of nitrogens with zero attached hydrogens (tertiary/aromatic N) is 3. The molecule has 1 aromatic heterocycles. The third-order valence-electron chi connectivity index (χ3n) is 1.48. The lowest BCUT2D eigenvalue weighted by Gasteiger charge is -2.06. The van der Waals surface area contributed by atoms with Crippen molar-refractivity contribution >= 4 is 17.7 Å². The molecule has 8 heteroatoms. The number of aromatic nitrogens is 3. The number of hydrogen-bond donors (Lipinski definition) is 3. The van der Waals surface area contributed by atoms with Gasteiger partial charge in [-0.1, -0.05) is 18.7 Å². The number of nitrogens with two attached hydrogens (primary N) is 1. The van der Waals surface area contributed by atoms with Gasteiger partial charge >= 0.3 is 6.01 Å². The highest BCUT2D eigenvalue weighted by Crippen LogP contribution is 2.16. The van der Waals surface area contributed by atoms with E-state index in [2.05, 4.69) is 20.4 Å². The van der Waals surface area contributed by atoms with Crippen LogP contribution in [-0.2, 0) is 0 Å². The largest absolute Gasteiger partial charge is 0.463 e. The van der Waals surface area contributed by atoms with E-state index in [9.17, 15) is 0 Å². The van der Waals surface area contributed by atoms with Crippen molar-refractivity contribution in [2.45, 2.75) is 18.5 Å². The molecule has 0 unspecified atom stereocenters. The van der Waals surface area contributed by atoms with Crippen molar-refractivity contribution in [1.82, 2.24) is 15.0 Å². The minimum Gasteiger partial charge on any atom is -0.463 e. The maximum atomic E-state index is 8.70. The van der Waals surface area contributed by atoms with Gasteiger partial charge in [0, 0.05) is 5.75 Å². The molecular weight excluding hydrogens is 230 g/mol. The Morgan fingerprint density at radius 1 is 1.44 bits per heavy atom. The molecule has 0 bridgehead atoms. The van der Waals surface area contributed by atoms with Gasteiger partial charge in [-0.05, 0) is 6.42 Å². The molecule has 0 spiro atoms. The molecule has 0 atom stereocenters. The fourth-order valence-electron chi connectivity index (χ4n) is 0.862. The predicted molar refractivity (Wildman–Crippen MR) is 61.2 cm³/mol. The van der Waals surface area contributed by atoms with Gasteiger partial charge in [-0.3, -0.25) is 5.43 Å². The first-order valence-electron chi connectivity index (χ1n) is 4.89. The Labute approximate surface area is 97.8 Å². The van der Waals surface area contributed by atoms with Crippen molar-refractivity contribution in [3.8, 4) is 6.01 Å². The minimum atomic E-state index is 0.0624. The van der Waals surface area contributed by atoms with Crippen molar-refractivity contribution in [3.63, 3.8) is 0 Å². The van der Waals surface area contributed by atoms with Gasteiger partial charge in [0.15, 0.2) is 5.16 Å². The van der Waals surface area contributed by atoms with Gasteiger partial charge in [0.1, 0.15) is 0 Å². The van der Waals surface area contributed by atoms with E-state index in [1.807, 2.05) is 6.92 Å². The van der Waals surface area contributed by atoms with Crippen molar-refractivity contribution < 1.29 is 9.84 Å². The van der Waals surface area contributed by atoms with E-state index in [0.29, 0.717) is 17.5 Å². The smallest absolute Gasteiger partial charge is 0.322 e. The maximum absolute atomic E-state index is 8.70. The Kier molecular flexibility index (Phi) is 5.83. The Bertz CT molecular complexity index is 299. The highest BCUT2D eigenvalue weighted by molar-refractivity contribution is 7.99. The fourth-order valence-corrected chi connectivity index (χ4v) is 1.43. The molecule has 0 aliphatic carbocycles. The summed E-state index contributed by atoms with van der Waals surface area (Å²) in [5.41, 5.74) is 2.34. The van der Waals surface area contributed by atoms with Crippen LogP contribution in [0.15, 0.2) is 5.16 Å². The third kappa shape index (κ3) is 4.17. The second-order valence-electron chi connectivity index (χ2n) is 2.79.